The summed E-state index contributed by atoms with van der Waals surface area (Å²) >= 11 is 0. The van der Waals surface area contributed by atoms with Crippen molar-refractivity contribution in [1.82, 2.24) is 5.32 Å². The topological polar surface area (TPSA) is 84.5 Å². The predicted octanol–water partition coefficient (Wildman–Crippen LogP) is 1.02. The van der Waals surface area contributed by atoms with E-state index in [0.29, 0.717) is 85.6 Å². The largest absolute Gasteiger partial charge is 0.379 e. The van der Waals surface area contributed by atoms with E-state index < -0.39 is 0 Å². The second-order valence-corrected chi connectivity index (χ2v) is 5.38. The Kier molecular flexibility index (Phi) is 21.6. The van der Waals surface area contributed by atoms with Gasteiger partial charge >= 0.3 is 0 Å². The molecule has 8 nitrogen and oxygen atoms in total. The lowest BCUT2D eigenvalue weighted by Crippen LogP contribution is -2.24. The minimum atomic E-state index is 0.0107. The van der Waals surface area contributed by atoms with Gasteiger partial charge in [0.15, 0.2) is 0 Å². The maximum Gasteiger partial charge on any atom is 0.222 e. The highest BCUT2D eigenvalue weighted by molar-refractivity contribution is 5.75. The molecule has 0 radical (unpaired) electrons. The summed E-state index contributed by atoms with van der Waals surface area (Å²) in [7, 11) is 0. The molecule has 0 saturated carbocycles. The fourth-order valence-electron chi connectivity index (χ4n) is 1.80. The first-order valence-electron chi connectivity index (χ1n) is 9.54. The Morgan fingerprint density at radius 3 is 1.27 bits per heavy atom. The number of amides is 1. The lowest BCUT2D eigenvalue weighted by atomic mass is 10.4. The van der Waals surface area contributed by atoms with Crippen LogP contribution in [0.15, 0.2) is 0 Å². The van der Waals surface area contributed by atoms with Crippen LogP contribution in [-0.4, -0.2) is 91.7 Å². The summed E-state index contributed by atoms with van der Waals surface area (Å²) < 4.78 is 32.1. The molecule has 8 heteroatoms. The van der Waals surface area contributed by atoms with E-state index in [1.165, 1.54) is 0 Å². The van der Waals surface area contributed by atoms with Crippen molar-refractivity contribution >= 4 is 5.91 Å². The zero-order chi connectivity index (χ0) is 19.1. The van der Waals surface area contributed by atoms with E-state index in [1.807, 2.05) is 6.92 Å². The van der Waals surface area contributed by atoms with Gasteiger partial charge in [0.25, 0.3) is 0 Å². The van der Waals surface area contributed by atoms with Crippen LogP contribution in [0.1, 0.15) is 26.7 Å². The normalized spacial score (nSPS) is 11.0. The van der Waals surface area contributed by atoms with Crippen molar-refractivity contribution in [2.45, 2.75) is 26.7 Å². The van der Waals surface area contributed by atoms with Crippen LogP contribution in [0.25, 0.3) is 0 Å². The number of ether oxygens (including phenoxy) is 6. The van der Waals surface area contributed by atoms with Crippen molar-refractivity contribution in [2.75, 3.05) is 85.8 Å². The number of carbonyl (C=O) groups excluding carboxylic acids is 1. The van der Waals surface area contributed by atoms with E-state index in [-0.39, 0.29) is 5.91 Å². The van der Waals surface area contributed by atoms with Gasteiger partial charge in [-0.25, -0.2) is 0 Å². The van der Waals surface area contributed by atoms with E-state index in [4.69, 9.17) is 28.4 Å². The van der Waals surface area contributed by atoms with Crippen molar-refractivity contribution in [1.29, 1.82) is 0 Å². The van der Waals surface area contributed by atoms with Gasteiger partial charge in [-0.3, -0.25) is 4.79 Å². The van der Waals surface area contributed by atoms with Crippen LogP contribution < -0.4 is 5.32 Å². The molecule has 0 aliphatic carbocycles. The molecule has 0 spiro atoms. The van der Waals surface area contributed by atoms with Crippen molar-refractivity contribution in [2.24, 2.45) is 0 Å². The van der Waals surface area contributed by atoms with Crippen LogP contribution in [0.5, 0.6) is 0 Å². The predicted molar refractivity (Wildman–Crippen MR) is 98.5 cm³/mol. The van der Waals surface area contributed by atoms with Gasteiger partial charge in [0.1, 0.15) is 0 Å². The number of hydrogen-bond donors (Lipinski definition) is 1. The molecule has 0 saturated heterocycles. The number of hydrogen-bond acceptors (Lipinski definition) is 7. The van der Waals surface area contributed by atoms with Crippen LogP contribution in [0.4, 0.5) is 0 Å². The molecule has 0 aliphatic rings. The fourth-order valence-corrected chi connectivity index (χ4v) is 1.80. The van der Waals surface area contributed by atoms with E-state index in [9.17, 15) is 4.79 Å². The molecule has 0 aliphatic heterocycles. The van der Waals surface area contributed by atoms with Crippen LogP contribution in [0.2, 0.25) is 0 Å². The first kappa shape index (κ1) is 25.2. The van der Waals surface area contributed by atoms with E-state index >= 15 is 0 Å². The van der Waals surface area contributed by atoms with Gasteiger partial charge in [-0.05, 0) is 13.3 Å². The summed E-state index contributed by atoms with van der Waals surface area (Å²) in [4.78, 5) is 11.2. The van der Waals surface area contributed by atoms with Crippen molar-refractivity contribution < 1.29 is 33.2 Å². The van der Waals surface area contributed by atoms with Crippen LogP contribution in [0.3, 0.4) is 0 Å². The van der Waals surface area contributed by atoms with Crippen molar-refractivity contribution in [3.05, 3.63) is 0 Å². The Morgan fingerprint density at radius 1 is 0.577 bits per heavy atom. The average molecular weight is 379 g/mol. The van der Waals surface area contributed by atoms with E-state index in [1.54, 1.807) is 0 Å². The van der Waals surface area contributed by atoms with Crippen molar-refractivity contribution in [3.8, 4) is 0 Å². The quantitative estimate of drug-likeness (QED) is 0.298. The zero-order valence-electron chi connectivity index (χ0n) is 16.5. The standard InChI is InChI=1S/C18H37NO7/c1-3-6-21-8-10-23-12-14-25-16-17-26-15-13-24-11-9-22-7-5-18(20)19-4-2/h3-17H2,1-2H3,(H,19,20). The molecule has 1 amide bonds. The molecule has 0 aromatic carbocycles. The van der Waals surface area contributed by atoms with Gasteiger partial charge in [-0.15, -0.1) is 0 Å². The Labute approximate surface area is 157 Å². The molecule has 1 N–H and O–H groups in total. The molecule has 0 rings (SSSR count). The molecule has 0 unspecified atom stereocenters. The molecule has 0 bridgehead atoms. The molecule has 0 atom stereocenters. The summed E-state index contributed by atoms with van der Waals surface area (Å²) in [6.45, 7) is 11.3. The second kappa shape index (κ2) is 22.3. The summed E-state index contributed by atoms with van der Waals surface area (Å²) in [5.74, 6) is 0.0107. The van der Waals surface area contributed by atoms with Crippen LogP contribution in [0, 0.1) is 0 Å². The third-order valence-electron chi connectivity index (χ3n) is 3.06. The number of carbonyl (C=O) groups is 1. The van der Waals surface area contributed by atoms with Crippen LogP contribution in [-0.2, 0) is 33.2 Å². The van der Waals surface area contributed by atoms with Gasteiger partial charge in [0, 0.05) is 19.6 Å². The molecular formula is C18H37NO7. The summed E-state index contributed by atoms with van der Waals surface area (Å²) in [6.07, 6.45) is 1.41. The van der Waals surface area contributed by atoms with E-state index in [0.717, 1.165) is 13.0 Å². The van der Waals surface area contributed by atoms with Crippen molar-refractivity contribution in [3.63, 3.8) is 0 Å². The Hall–Kier alpha value is -0.770. The number of nitrogens with one attached hydrogen (secondary N) is 1. The first-order valence-corrected chi connectivity index (χ1v) is 9.54. The van der Waals surface area contributed by atoms with Gasteiger partial charge in [-0.2, -0.15) is 0 Å². The zero-order valence-corrected chi connectivity index (χ0v) is 16.5. The Bertz CT molecular complexity index is 293. The minimum Gasteiger partial charge on any atom is -0.379 e. The average Bonchev–Trinajstić information content (AvgIpc) is 2.64. The summed E-state index contributed by atoms with van der Waals surface area (Å²) in [5.41, 5.74) is 0. The third-order valence-corrected chi connectivity index (χ3v) is 3.06. The molecule has 156 valence electrons. The lowest BCUT2D eigenvalue weighted by Gasteiger charge is -2.08. The smallest absolute Gasteiger partial charge is 0.222 e. The molecule has 0 aromatic rings. The van der Waals surface area contributed by atoms with E-state index in [2.05, 4.69) is 12.2 Å². The first-order chi connectivity index (χ1) is 12.8. The molecule has 0 heterocycles. The maximum absolute atomic E-state index is 11.2. The third kappa shape index (κ3) is 21.3. The highest BCUT2D eigenvalue weighted by Gasteiger charge is 1.98. The molecule has 26 heavy (non-hydrogen) atoms. The van der Waals surface area contributed by atoms with Gasteiger partial charge in [0.2, 0.25) is 5.91 Å². The van der Waals surface area contributed by atoms with Gasteiger partial charge in [0.05, 0.1) is 72.7 Å². The summed E-state index contributed by atoms with van der Waals surface area (Å²) in [5, 5.41) is 2.72. The van der Waals surface area contributed by atoms with Gasteiger partial charge < -0.3 is 33.7 Å². The lowest BCUT2D eigenvalue weighted by molar-refractivity contribution is -0.122. The Morgan fingerprint density at radius 2 is 0.923 bits per heavy atom. The number of rotatable bonds is 21. The van der Waals surface area contributed by atoms with Crippen LogP contribution >= 0.6 is 0 Å². The fraction of sp³-hybridized carbons (Fsp3) is 0.944. The highest BCUT2D eigenvalue weighted by atomic mass is 16.6. The highest BCUT2D eigenvalue weighted by Crippen LogP contribution is 1.86. The maximum atomic E-state index is 11.2. The molecule has 0 aromatic heterocycles. The van der Waals surface area contributed by atoms with Gasteiger partial charge in [-0.1, -0.05) is 6.92 Å². The summed E-state index contributed by atoms with van der Waals surface area (Å²) in [6, 6.07) is 0. The minimum absolute atomic E-state index is 0.0107. The molecular weight excluding hydrogens is 342 g/mol. The molecule has 0 fully saturated rings. The monoisotopic (exact) mass is 379 g/mol. The SMILES string of the molecule is CCCOCCOCCOCCOCCOCCOCCC(=O)NCC. The second-order valence-electron chi connectivity index (χ2n) is 5.38. The Balaban J connectivity index is 3.02.